The van der Waals surface area contributed by atoms with E-state index in [4.69, 9.17) is 18.9 Å². The van der Waals surface area contributed by atoms with Crippen molar-refractivity contribution in [3.63, 3.8) is 0 Å². The van der Waals surface area contributed by atoms with Crippen molar-refractivity contribution in [3.8, 4) is 23.0 Å². The van der Waals surface area contributed by atoms with Crippen molar-refractivity contribution in [1.82, 2.24) is 15.5 Å². The van der Waals surface area contributed by atoms with E-state index in [9.17, 15) is 9.59 Å². The van der Waals surface area contributed by atoms with Crippen molar-refractivity contribution in [2.24, 2.45) is 0 Å². The maximum absolute atomic E-state index is 12.6. The Kier molecular flexibility index (Phi) is 7.15. The first-order valence-electron chi connectivity index (χ1n) is 9.70. The molecule has 0 aliphatic carbocycles. The smallest absolute Gasteiger partial charge is 0.261 e. The molecule has 0 spiro atoms. The van der Waals surface area contributed by atoms with Gasteiger partial charge in [-0.1, -0.05) is 29.2 Å². The average molecular weight is 489 g/mol. The third-order valence-corrected chi connectivity index (χ3v) is 6.51. The Balaban J connectivity index is 1.26. The molecule has 172 valence electrons. The summed E-state index contributed by atoms with van der Waals surface area (Å²) < 4.78 is 21.6. The number of aromatic nitrogens is 2. The average Bonchev–Trinajstić information content (AvgIpc) is 3.49. The van der Waals surface area contributed by atoms with Crippen LogP contribution in [0.1, 0.15) is 15.9 Å². The molecule has 0 saturated carbocycles. The fourth-order valence-corrected chi connectivity index (χ4v) is 4.48. The van der Waals surface area contributed by atoms with Crippen molar-refractivity contribution >= 4 is 40.0 Å². The van der Waals surface area contributed by atoms with Crippen LogP contribution in [0.4, 0.5) is 5.13 Å². The molecule has 0 bridgehead atoms. The fraction of sp³-hybridized carbons (Fsp3) is 0.238. The van der Waals surface area contributed by atoms with E-state index in [0.717, 1.165) is 5.56 Å². The first-order valence-corrected chi connectivity index (χ1v) is 11.5. The van der Waals surface area contributed by atoms with Crippen LogP contribution >= 0.6 is 23.1 Å². The van der Waals surface area contributed by atoms with E-state index in [-0.39, 0.29) is 24.4 Å². The Hall–Kier alpha value is -3.51. The zero-order valence-electron chi connectivity index (χ0n) is 17.7. The molecule has 0 radical (unpaired) electrons. The van der Waals surface area contributed by atoms with Crippen molar-refractivity contribution in [1.29, 1.82) is 0 Å². The van der Waals surface area contributed by atoms with E-state index in [1.165, 1.54) is 37.3 Å². The van der Waals surface area contributed by atoms with Gasteiger partial charge in [-0.3, -0.25) is 14.9 Å². The van der Waals surface area contributed by atoms with Crippen LogP contribution in [-0.4, -0.2) is 48.8 Å². The molecule has 1 aliphatic rings. The van der Waals surface area contributed by atoms with Crippen molar-refractivity contribution < 1.29 is 28.5 Å². The summed E-state index contributed by atoms with van der Waals surface area (Å²) in [7, 11) is 3.01. The lowest BCUT2D eigenvalue weighted by molar-refractivity contribution is -0.118. The molecule has 2 N–H and O–H groups in total. The third-order valence-electron chi connectivity index (χ3n) is 4.53. The molecular weight excluding hydrogens is 468 g/mol. The highest BCUT2D eigenvalue weighted by Crippen LogP contribution is 2.32. The van der Waals surface area contributed by atoms with Crippen molar-refractivity contribution in [2.45, 2.75) is 10.9 Å². The van der Waals surface area contributed by atoms with E-state index >= 15 is 0 Å². The second-order valence-electron chi connectivity index (χ2n) is 6.65. The zero-order valence-corrected chi connectivity index (χ0v) is 19.4. The molecule has 2 amide bonds. The highest BCUT2D eigenvalue weighted by molar-refractivity contribution is 8.01. The van der Waals surface area contributed by atoms with Gasteiger partial charge >= 0.3 is 0 Å². The molecule has 2 heterocycles. The zero-order chi connectivity index (χ0) is 23.2. The van der Waals surface area contributed by atoms with Gasteiger partial charge in [0, 0.05) is 12.6 Å². The second kappa shape index (κ2) is 10.4. The van der Waals surface area contributed by atoms with Gasteiger partial charge in [-0.05, 0) is 29.8 Å². The number of ether oxygens (including phenoxy) is 4. The van der Waals surface area contributed by atoms with Crippen molar-refractivity contribution in [2.75, 3.05) is 32.1 Å². The van der Waals surface area contributed by atoms with Gasteiger partial charge in [0.2, 0.25) is 17.8 Å². The lowest BCUT2D eigenvalue weighted by Crippen LogP contribution is -2.24. The number of nitrogens with zero attached hydrogens (tertiary/aromatic N) is 2. The molecule has 33 heavy (non-hydrogen) atoms. The van der Waals surface area contributed by atoms with Gasteiger partial charge in [-0.25, -0.2) is 0 Å². The van der Waals surface area contributed by atoms with Gasteiger partial charge in [0.1, 0.15) is 11.5 Å². The number of carbonyl (C=O) groups is 2. The summed E-state index contributed by atoms with van der Waals surface area (Å²) in [5.74, 6) is 1.96. The van der Waals surface area contributed by atoms with Crippen LogP contribution in [0.25, 0.3) is 0 Å². The van der Waals surface area contributed by atoms with Crippen LogP contribution in [0, 0.1) is 0 Å². The van der Waals surface area contributed by atoms with E-state index in [1.54, 1.807) is 18.2 Å². The van der Waals surface area contributed by atoms with Crippen LogP contribution < -0.4 is 29.6 Å². The van der Waals surface area contributed by atoms with Crippen LogP contribution in [0.15, 0.2) is 40.7 Å². The molecule has 2 aromatic carbocycles. The van der Waals surface area contributed by atoms with Crippen LogP contribution in [-0.2, 0) is 11.3 Å². The largest absolute Gasteiger partial charge is 0.497 e. The summed E-state index contributed by atoms with van der Waals surface area (Å²) in [6, 6.07) is 10.4. The number of hydrogen-bond donors (Lipinski definition) is 2. The summed E-state index contributed by atoms with van der Waals surface area (Å²) in [4.78, 5) is 24.8. The van der Waals surface area contributed by atoms with Gasteiger partial charge in [0.05, 0.1) is 25.5 Å². The summed E-state index contributed by atoms with van der Waals surface area (Å²) in [6.07, 6.45) is 0. The molecule has 1 aliphatic heterocycles. The second-order valence-corrected chi connectivity index (χ2v) is 8.85. The number of methoxy groups -OCH3 is 2. The number of hydrogen-bond acceptors (Lipinski definition) is 10. The minimum Gasteiger partial charge on any atom is -0.497 e. The molecule has 0 fully saturated rings. The standard InChI is InChI=1S/C21H20N4O6S2/c1-28-13-4-5-14(16(8-13)29-2)19(27)23-20-24-25-21(33-20)32-10-18(26)22-9-12-3-6-15-17(7-12)31-11-30-15/h3-8H,9-11H2,1-2H3,(H,22,26)(H,23,24,27). The predicted octanol–water partition coefficient (Wildman–Crippen LogP) is 2.94. The normalized spacial score (nSPS) is 11.7. The molecule has 4 rings (SSSR count). The highest BCUT2D eigenvalue weighted by Gasteiger charge is 2.17. The Morgan fingerprint density at radius 2 is 1.94 bits per heavy atom. The van der Waals surface area contributed by atoms with Crippen LogP contribution in [0.2, 0.25) is 0 Å². The Bertz CT molecular complexity index is 1170. The van der Waals surface area contributed by atoms with Crippen molar-refractivity contribution in [3.05, 3.63) is 47.5 Å². The topological polar surface area (TPSA) is 121 Å². The van der Waals surface area contributed by atoms with Gasteiger partial charge in [-0.15, -0.1) is 10.2 Å². The molecular formula is C21H20N4O6S2. The molecule has 12 heteroatoms. The highest BCUT2D eigenvalue weighted by atomic mass is 32.2. The summed E-state index contributed by atoms with van der Waals surface area (Å²) in [6.45, 7) is 0.580. The SMILES string of the molecule is COc1ccc(C(=O)Nc2nnc(SCC(=O)NCc3ccc4c(c3)OCO4)s2)c(OC)c1. The van der Waals surface area contributed by atoms with Crippen LogP contribution in [0.5, 0.6) is 23.0 Å². The molecule has 0 unspecified atom stereocenters. The lowest BCUT2D eigenvalue weighted by Gasteiger charge is -2.09. The first kappa shape index (κ1) is 22.7. The number of thioether (sulfide) groups is 1. The fourth-order valence-electron chi connectivity index (χ4n) is 2.90. The first-order chi connectivity index (χ1) is 16.1. The number of amides is 2. The molecule has 0 saturated heterocycles. The Morgan fingerprint density at radius 1 is 1.09 bits per heavy atom. The van der Waals surface area contributed by atoms with Gasteiger partial charge in [-0.2, -0.15) is 0 Å². The van der Waals surface area contributed by atoms with E-state index < -0.39 is 0 Å². The number of benzene rings is 2. The van der Waals surface area contributed by atoms with E-state index in [2.05, 4.69) is 20.8 Å². The maximum Gasteiger partial charge on any atom is 0.261 e. The molecule has 0 atom stereocenters. The molecule has 10 nitrogen and oxygen atoms in total. The van der Waals surface area contributed by atoms with Gasteiger partial charge in [0.15, 0.2) is 15.8 Å². The summed E-state index contributed by atoms with van der Waals surface area (Å²) in [5, 5.41) is 13.9. The summed E-state index contributed by atoms with van der Waals surface area (Å²) >= 11 is 2.42. The molecule has 3 aromatic rings. The number of fused-ring (bicyclic) bond motifs is 1. The maximum atomic E-state index is 12.6. The third kappa shape index (κ3) is 5.65. The predicted molar refractivity (Wildman–Crippen MR) is 123 cm³/mol. The number of rotatable bonds is 9. The monoisotopic (exact) mass is 488 g/mol. The van der Waals surface area contributed by atoms with E-state index in [1.807, 2.05) is 18.2 Å². The van der Waals surface area contributed by atoms with Gasteiger partial charge in [0.25, 0.3) is 5.91 Å². The quantitative estimate of drug-likeness (QED) is 0.346. The minimum atomic E-state index is -0.385. The van der Waals surface area contributed by atoms with Crippen LogP contribution in [0.3, 0.4) is 0 Å². The number of nitrogens with one attached hydrogen (secondary N) is 2. The minimum absolute atomic E-state index is 0.151. The Morgan fingerprint density at radius 3 is 2.76 bits per heavy atom. The number of carbonyl (C=O) groups excluding carboxylic acids is 2. The summed E-state index contributed by atoms with van der Waals surface area (Å²) in [5.41, 5.74) is 1.25. The number of anilines is 1. The lowest BCUT2D eigenvalue weighted by atomic mass is 10.2. The van der Waals surface area contributed by atoms with E-state index in [0.29, 0.717) is 44.6 Å². The molecule has 1 aromatic heterocycles. The van der Waals surface area contributed by atoms with Gasteiger partial charge < -0.3 is 24.3 Å². The Labute approximate surface area is 197 Å².